The standard InChI is InChI=1S/C24H25FN4O4/c1-24-12-16-15-10-19(33-3)17(25)11-18(15)27-20(16)21(13-5-4-6-14(30)9-13)29(24)23(32)28(22(24)31)8-7-26-2/h4-6,9-11,21,26-27,30H,7-8,12H2,1-3H3. The number of fused-ring (bicyclic) bond motifs is 4. The van der Waals surface area contributed by atoms with Crippen molar-refractivity contribution < 1.29 is 23.8 Å². The van der Waals surface area contributed by atoms with E-state index in [1.165, 1.54) is 18.1 Å². The maximum atomic E-state index is 14.4. The molecule has 33 heavy (non-hydrogen) atoms. The van der Waals surface area contributed by atoms with Gasteiger partial charge in [0.15, 0.2) is 11.6 Å². The Bertz CT molecular complexity index is 1290. The normalized spacial score (nSPS) is 22.1. The third kappa shape index (κ3) is 2.99. The van der Waals surface area contributed by atoms with Gasteiger partial charge in [0.2, 0.25) is 0 Å². The number of hydrogen-bond acceptors (Lipinski definition) is 5. The molecule has 2 aliphatic heterocycles. The Balaban J connectivity index is 1.76. The van der Waals surface area contributed by atoms with Crippen LogP contribution in [0.25, 0.3) is 10.9 Å². The molecule has 2 aromatic carbocycles. The summed E-state index contributed by atoms with van der Waals surface area (Å²) < 4.78 is 19.6. The summed E-state index contributed by atoms with van der Waals surface area (Å²) in [7, 11) is 3.17. The minimum Gasteiger partial charge on any atom is -0.508 e. The molecule has 0 bridgehead atoms. The van der Waals surface area contributed by atoms with E-state index in [4.69, 9.17) is 4.74 Å². The second kappa shape index (κ2) is 7.48. The Kier molecular flexibility index (Phi) is 4.82. The van der Waals surface area contributed by atoms with Crippen molar-refractivity contribution in [2.24, 2.45) is 0 Å². The second-order valence-electron chi connectivity index (χ2n) is 8.71. The number of phenolic OH excluding ortho intramolecular Hbond substituents is 1. The molecule has 5 rings (SSSR count). The first-order chi connectivity index (χ1) is 15.8. The van der Waals surface area contributed by atoms with Gasteiger partial charge in [-0.25, -0.2) is 9.18 Å². The highest BCUT2D eigenvalue weighted by Gasteiger charge is 2.60. The molecule has 1 fully saturated rings. The fourth-order valence-electron chi connectivity index (χ4n) is 5.14. The number of amides is 3. The Labute approximate surface area is 189 Å². The van der Waals surface area contributed by atoms with E-state index in [0.717, 1.165) is 10.9 Å². The predicted octanol–water partition coefficient (Wildman–Crippen LogP) is 2.91. The molecule has 172 valence electrons. The number of aromatic nitrogens is 1. The molecule has 0 aliphatic carbocycles. The number of aromatic amines is 1. The highest BCUT2D eigenvalue weighted by Crippen LogP contribution is 2.49. The zero-order valence-corrected chi connectivity index (χ0v) is 18.6. The Morgan fingerprint density at radius 2 is 2.09 bits per heavy atom. The number of imide groups is 1. The van der Waals surface area contributed by atoms with Crippen molar-refractivity contribution in [3.8, 4) is 11.5 Å². The van der Waals surface area contributed by atoms with Gasteiger partial charge in [0.05, 0.1) is 7.11 Å². The van der Waals surface area contributed by atoms with Gasteiger partial charge >= 0.3 is 6.03 Å². The van der Waals surface area contributed by atoms with Crippen molar-refractivity contribution >= 4 is 22.8 Å². The monoisotopic (exact) mass is 452 g/mol. The lowest BCUT2D eigenvalue weighted by Gasteiger charge is -2.42. The van der Waals surface area contributed by atoms with Gasteiger partial charge in [-0.1, -0.05) is 12.1 Å². The number of carbonyl (C=O) groups is 2. The van der Waals surface area contributed by atoms with Crippen LogP contribution in [-0.2, 0) is 11.2 Å². The van der Waals surface area contributed by atoms with Gasteiger partial charge in [0, 0.05) is 42.2 Å². The summed E-state index contributed by atoms with van der Waals surface area (Å²) in [6.45, 7) is 2.49. The van der Waals surface area contributed by atoms with Crippen LogP contribution in [0.5, 0.6) is 11.5 Å². The largest absolute Gasteiger partial charge is 0.508 e. The van der Waals surface area contributed by atoms with Crippen LogP contribution in [0.3, 0.4) is 0 Å². The molecule has 0 saturated carbocycles. The van der Waals surface area contributed by atoms with Crippen LogP contribution in [0.4, 0.5) is 9.18 Å². The van der Waals surface area contributed by atoms with E-state index in [0.29, 0.717) is 23.3 Å². The van der Waals surface area contributed by atoms with Crippen LogP contribution in [0, 0.1) is 5.82 Å². The van der Waals surface area contributed by atoms with Crippen molar-refractivity contribution in [1.29, 1.82) is 0 Å². The number of methoxy groups -OCH3 is 1. The zero-order valence-electron chi connectivity index (χ0n) is 18.6. The van der Waals surface area contributed by atoms with E-state index >= 15 is 0 Å². The maximum Gasteiger partial charge on any atom is 0.328 e. The van der Waals surface area contributed by atoms with E-state index in [9.17, 15) is 19.1 Å². The van der Waals surface area contributed by atoms with Crippen molar-refractivity contribution in [3.05, 3.63) is 59.0 Å². The Morgan fingerprint density at radius 3 is 2.79 bits per heavy atom. The molecule has 8 nitrogen and oxygen atoms in total. The highest BCUT2D eigenvalue weighted by atomic mass is 19.1. The third-order valence-corrected chi connectivity index (χ3v) is 6.71. The van der Waals surface area contributed by atoms with Crippen LogP contribution in [0.15, 0.2) is 36.4 Å². The SMILES string of the molecule is CNCCN1C(=O)N2C(c3cccc(O)c3)c3[nH]c4cc(F)c(OC)cc4c3CC2(C)C1=O. The average molecular weight is 452 g/mol. The number of aromatic hydroxyl groups is 1. The Hall–Kier alpha value is -3.59. The molecule has 3 amide bonds. The number of ether oxygens (including phenoxy) is 1. The summed E-state index contributed by atoms with van der Waals surface area (Å²) in [6.07, 6.45) is 0.271. The molecule has 3 heterocycles. The molecular weight excluding hydrogens is 427 g/mol. The quantitative estimate of drug-likeness (QED) is 0.517. The predicted molar refractivity (Wildman–Crippen MR) is 120 cm³/mol. The van der Waals surface area contributed by atoms with Gasteiger partial charge in [-0.3, -0.25) is 14.6 Å². The van der Waals surface area contributed by atoms with Gasteiger partial charge < -0.3 is 20.1 Å². The highest BCUT2D eigenvalue weighted by molar-refractivity contribution is 6.08. The molecule has 3 aromatic rings. The molecular formula is C24H25FN4O4. The number of urea groups is 1. The van der Waals surface area contributed by atoms with Crippen LogP contribution in [0.2, 0.25) is 0 Å². The van der Waals surface area contributed by atoms with Crippen molar-refractivity contribution in [2.75, 3.05) is 27.2 Å². The number of phenols is 1. The lowest BCUT2D eigenvalue weighted by atomic mass is 9.81. The fourth-order valence-corrected chi connectivity index (χ4v) is 5.14. The second-order valence-corrected chi connectivity index (χ2v) is 8.71. The summed E-state index contributed by atoms with van der Waals surface area (Å²) in [6, 6.07) is 8.57. The van der Waals surface area contributed by atoms with Gasteiger partial charge in [-0.2, -0.15) is 0 Å². The van der Waals surface area contributed by atoms with Crippen molar-refractivity contribution in [1.82, 2.24) is 20.1 Å². The number of carbonyl (C=O) groups excluding carboxylic acids is 2. The molecule has 9 heteroatoms. The van der Waals surface area contributed by atoms with E-state index in [-0.39, 0.29) is 36.4 Å². The van der Waals surface area contributed by atoms with Crippen molar-refractivity contribution in [3.63, 3.8) is 0 Å². The summed E-state index contributed by atoms with van der Waals surface area (Å²) in [4.78, 5) is 33.3. The Morgan fingerprint density at radius 1 is 1.30 bits per heavy atom. The minimum atomic E-state index is -1.13. The number of halogens is 1. The summed E-state index contributed by atoms with van der Waals surface area (Å²) >= 11 is 0. The lowest BCUT2D eigenvalue weighted by molar-refractivity contribution is -0.133. The van der Waals surface area contributed by atoms with E-state index in [2.05, 4.69) is 10.3 Å². The molecule has 2 unspecified atom stereocenters. The van der Waals surface area contributed by atoms with E-state index in [1.807, 2.05) is 0 Å². The average Bonchev–Trinajstić information content (AvgIpc) is 3.21. The number of rotatable bonds is 5. The topological polar surface area (TPSA) is 97.9 Å². The van der Waals surface area contributed by atoms with Crippen LogP contribution in [-0.4, -0.2) is 64.6 Å². The molecule has 1 aromatic heterocycles. The van der Waals surface area contributed by atoms with Gasteiger partial charge in [-0.05, 0) is 43.3 Å². The summed E-state index contributed by atoms with van der Waals surface area (Å²) in [5.74, 6) is -0.623. The molecule has 3 N–H and O–H groups in total. The molecule has 1 saturated heterocycles. The van der Waals surface area contributed by atoms with Crippen molar-refractivity contribution in [2.45, 2.75) is 24.9 Å². The smallest absolute Gasteiger partial charge is 0.328 e. The van der Waals surface area contributed by atoms with Gasteiger partial charge in [-0.15, -0.1) is 0 Å². The number of nitrogens with one attached hydrogen (secondary N) is 2. The van der Waals surface area contributed by atoms with E-state index < -0.39 is 17.4 Å². The number of nitrogens with zero attached hydrogens (tertiary/aromatic N) is 2. The maximum absolute atomic E-state index is 14.4. The first kappa shape index (κ1) is 21.3. The minimum absolute atomic E-state index is 0.0511. The first-order valence-corrected chi connectivity index (χ1v) is 10.8. The van der Waals surface area contributed by atoms with Crippen LogP contribution in [0.1, 0.15) is 29.8 Å². The van der Waals surface area contributed by atoms with E-state index in [1.54, 1.807) is 49.2 Å². The third-order valence-electron chi connectivity index (χ3n) is 6.71. The number of H-pyrrole nitrogens is 1. The fraction of sp³-hybridized carbons (Fsp3) is 0.333. The molecule has 2 atom stereocenters. The lowest BCUT2D eigenvalue weighted by Crippen LogP contribution is -2.53. The summed E-state index contributed by atoms with van der Waals surface area (Å²) in [5, 5.41) is 13.9. The number of benzene rings is 2. The van der Waals surface area contributed by atoms with Gasteiger partial charge in [0.1, 0.15) is 17.3 Å². The molecule has 2 aliphatic rings. The summed E-state index contributed by atoms with van der Waals surface area (Å²) in [5.41, 5.74) is 1.59. The molecule has 0 radical (unpaired) electrons. The van der Waals surface area contributed by atoms with Gasteiger partial charge in [0.25, 0.3) is 5.91 Å². The zero-order chi connectivity index (χ0) is 23.5. The van der Waals surface area contributed by atoms with Crippen LogP contribution < -0.4 is 10.1 Å². The number of hydrogen-bond donors (Lipinski definition) is 3. The first-order valence-electron chi connectivity index (χ1n) is 10.8. The molecule has 0 spiro atoms. The number of likely N-dealkylation sites (N-methyl/N-ethyl adjacent to an activating group) is 1. The van der Waals surface area contributed by atoms with Crippen LogP contribution >= 0.6 is 0 Å².